The third-order valence-electron chi connectivity index (χ3n) is 4.39. The summed E-state index contributed by atoms with van der Waals surface area (Å²) in [6, 6.07) is 0.0318. The summed E-state index contributed by atoms with van der Waals surface area (Å²) in [6.45, 7) is 9.93. The molecular formula is C16H27N5O2S2. The molecule has 2 aromatic heterocycles. The summed E-state index contributed by atoms with van der Waals surface area (Å²) in [6.07, 6.45) is 4.25. The lowest BCUT2D eigenvalue weighted by atomic mass is 9.93. The molecule has 3 rings (SSSR count). The van der Waals surface area contributed by atoms with Crippen LogP contribution >= 0.6 is 11.3 Å². The van der Waals surface area contributed by atoms with Gasteiger partial charge in [-0.1, -0.05) is 39.0 Å². The van der Waals surface area contributed by atoms with Crippen LogP contribution in [0.25, 0.3) is 4.96 Å². The van der Waals surface area contributed by atoms with Crippen LogP contribution in [-0.4, -0.2) is 47.9 Å². The first kappa shape index (κ1) is 18.6. The van der Waals surface area contributed by atoms with E-state index in [1.165, 1.54) is 0 Å². The molecule has 25 heavy (non-hydrogen) atoms. The van der Waals surface area contributed by atoms with Crippen molar-refractivity contribution in [3.63, 3.8) is 0 Å². The van der Waals surface area contributed by atoms with Crippen molar-refractivity contribution in [1.82, 2.24) is 19.3 Å². The third kappa shape index (κ3) is 4.32. The van der Waals surface area contributed by atoms with Crippen LogP contribution < -0.4 is 9.62 Å². The topological polar surface area (TPSA) is 79.6 Å². The number of hydrogen-bond acceptors (Lipinski definition) is 6. The van der Waals surface area contributed by atoms with Crippen molar-refractivity contribution < 1.29 is 8.42 Å². The van der Waals surface area contributed by atoms with Crippen molar-refractivity contribution in [3.8, 4) is 0 Å². The van der Waals surface area contributed by atoms with Gasteiger partial charge in [-0.05, 0) is 19.3 Å². The Bertz CT molecular complexity index is 795. The molecule has 140 valence electrons. The van der Waals surface area contributed by atoms with Crippen molar-refractivity contribution >= 4 is 31.5 Å². The SMILES string of the molecule is CCCS(=O)(=O)NC1CCN(c2nn3cc(C(C)(C)C)nc3s2)CC1. The zero-order chi connectivity index (χ0) is 18.2. The maximum atomic E-state index is 11.9. The summed E-state index contributed by atoms with van der Waals surface area (Å²) in [7, 11) is -3.14. The van der Waals surface area contributed by atoms with Crippen molar-refractivity contribution in [2.75, 3.05) is 23.7 Å². The smallest absolute Gasteiger partial charge is 0.214 e. The highest BCUT2D eigenvalue weighted by Gasteiger charge is 2.26. The number of rotatable bonds is 5. The number of aromatic nitrogens is 3. The third-order valence-corrected chi connectivity index (χ3v) is 7.01. The van der Waals surface area contributed by atoms with Crippen LogP contribution in [0, 0.1) is 0 Å². The monoisotopic (exact) mass is 385 g/mol. The summed E-state index contributed by atoms with van der Waals surface area (Å²) in [5, 5.41) is 5.62. The van der Waals surface area contributed by atoms with Crippen LogP contribution in [0.3, 0.4) is 0 Å². The number of nitrogens with one attached hydrogen (secondary N) is 1. The molecule has 1 aliphatic heterocycles. The standard InChI is InChI=1S/C16H27N5O2S2/c1-5-10-25(22,23)19-12-6-8-20(9-7-12)15-18-21-11-13(16(2,3)4)17-14(21)24-15/h11-12,19H,5-10H2,1-4H3. The maximum absolute atomic E-state index is 11.9. The highest BCUT2D eigenvalue weighted by molar-refractivity contribution is 7.89. The minimum Gasteiger partial charge on any atom is -0.347 e. The van der Waals surface area contributed by atoms with E-state index in [0.717, 1.165) is 41.7 Å². The van der Waals surface area contributed by atoms with Crippen molar-refractivity contribution in [1.29, 1.82) is 0 Å². The fourth-order valence-electron chi connectivity index (χ4n) is 2.95. The predicted octanol–water partition coefficient (Wildman–Crippen LogP) is 2.39. The Morgan fingerprint density at radius 2 is 2.00 bits per heavy atom. The van der Waals surface area contributed by atoms with Gasteiger partial charge in [-0.3, -0.25) is 0 Å². The number of imidazole rings is 1. The lowest BCUT2D eigenvalue weighted by Gasteiger charge is -2.31. The Kier molecular flexibility index (Phi) is 5.09. The summed E-state index contributed by atoms with van der Waals surface area (Å²) < 4.78 is 28.5. The minimum absolute atomic E-state index is 0.0155. The van der Waals surface area contributed by atoms with Crippen LogP contribution in [-0.2, 0) is 15.4 Å². The van der Waals surface area contributed by atoms with Gasteiger partial charge in [0, 0.05) is 24.5 Å². The molecule has 9 heteroatoms. The Balaban J connectivity index is 1.63. The molecule has 1 N–H and O–H groups in total. The Morgan fingerprint density at radius 3 is 2.56 bits per heavy atom. The second kappa shape index (κ2) is 6.85. The van der Waals surface area contributed by atoms with Crippen LogP contribution in [0.5, 0.6) is 0 Å². The second-order valence-electron chi connectivity index (χ2n) is 7.69. The molecule has 0 bridgehead atoms. The number of fused-ring (bicyclic) bond motifs is 1. The Hall–Kier alpha value is -1.19. The molecule has 0 amide bonds. The van der Waals surface area contributed by atoms with Crippen LogP contribution in [0.15, 0.2) is 6.20 Å². The first-order valence-corrected chi connectivity index (χ1v) is 11.3. The molecule has 0 radical (unpaired) electrons. The molecule has 0 saturated carbocycles. The van der Waals surface area contributed by atoms with Crippen molar-refractivity contribution in [2.24, 2.45) is 0 Å². The van der Waals surface area contributed by atoms with Gasteiger partial charge < -0.3 is 4.90 Å². The van der Waals surface area contributed by atoms with Gasteiger partial charge in [0.15, 0.2) is 0 Å². The van der Waals surface area contributed by atoms with Gasteiger partial charge in [0.25, 0.3) is 0 Å². The van der Waals surface area contributed by atoms with Gasteiger partial charge in [0.1, 0.15) is 0 Å². The lowest BCUT2D eigenvalue weighted by molar-refractivity contribution is 0.459. The first-order chi connectivity index (χ1) is 11.7. The summed E-state index contributed by atoms with van der Waals surface area (Å²) in [5.74, 6) is 0.201. The van der Waals surface area contributed by atoms with Gasteiger partial charge in [-0.15, -0.1) is 5.10 Å². The predicted molar refractivity (Wildman–Crippen MR) is 102 cm³/mol. The molecule has 0 atom stereocenters. The molecule has 0 aliphatic carbocycles. The van der Waals surface area contributed by atoms with E-state index in [-0.39, 0.29) is 17.2 Å². The highest BCUT2D eigenvalue weighted by Crippen LogP contribution is 2.29. The Labute approximate surface area is 153 Å². The molecular weight excluding hydrogens is 358 g/mol. The largest absolute Gasteiger partial charge is 0.347 e. The fourth-order valence-corrected chi connectivity index (χ4v) is 5.28. The summed E-state index contributed by atoms with van der Waals surface area (Å²) in [4.78, 5) is 7.82. The van der Waals surface area contributed by atoms with Gasteiger partial charge >= 0.3 is 0 Å². The van der Waals surface area contributed by atoms with E-state index < -0.39 is 10.0 Å². The molecule has 0 aromatic carbocycles. The van der Waals surface area contributed by atoms with E-state index >= 15 is 0 Å². The average molecular weight is 386 g/mol. The number of nitrogens with zero attached hydrogens (tertiary/aromatic N) is 4. The van der Waals surface area contributed by atoms with Gasteiger partial charge in [-0.2, -0.15) is 0 Å². The van der Waals surface area contributed by atoms with Gasteiger partial charge in [0.2, 0.25) is 20.1 Å². The van der Waals surface area contributed by atoms with E-state index in [1.807, 2.05) is 17.6 Å². The zero-order valence-corrected chi connectivity index (χ0v) is 17.0. The molecule has 3 heterocycles. The Morgan fingerprint density at radius 1 is 1.32 bits per heavy atom. The highest BCUT2D eigenvalue weighted by atomic mass is 32.2. The van der Waals surface area contributed by atoms with E-state index in [1.54, 1.807) is 11.3 Å². The molecule has 1 saturated heterocycles. The molecule has 2 aromatic rings. The fraction of sp³-hybridized carbons (Fsp3) is 0.750. The van der Waals surface area contributed by atoms with Crippen molar-refractivity contribution in [2.45, 2.75) is 58.4 Å². The molecule has 7 nitrogen and oxygen atoms in total. The number of sulfonamides is 1. The van der Waals surface area contributed by atoms with Gasteiger partial charge in [0.05, 0.1) is 17.6 Å². The maximum Gasteiger partial charge on any atom is 0.214 e. The van der Waals surface area contributed by atoms with E-state index in [0.29, 0.717) is 6.42 Å². The number of hydrogen-bond donors (Lipinski definition) is 1. The van der Waals surface area contributed by atoms with E-state index in [2.05, 4.69) is 40.5 Å². The van der Waals surface area contributed by atoms with Crippen LogP contribution in [0.1, 0.15) is 52.7 Å². The molecule has 0 unspecified atom stereocenters. The molecule has 1 aliphatic rings. The van der Waals surface area contributed by atoms with E-state index in [9.17, 15) is 8.42 Å². The quantitative estimate of drug-likeness (QED) is 0.855. The number of piperidine rings is 1. The van der Waals surface area contributed by atoms with Crippen molar-refractivity contribution in [3.05, 3.63) is 11.9 Å². The van der Waals surface area contributed by atoms with Crippen LogP contribution in [0.2, 0.25) is 0 Å². The number of anilines is 1. The lowest BCUT2D eigenvalue weighted by Crippen LogP contribution is -2.45. The zero-order valence-electron chi connectivity index (χ0n) is 15.3. The normalized spacial score (nSPS) is 17.5. The molecule has 1 fully saturated rings. The first-order valence-electron chi connectivity index (χ1n) is 8.79. The van der Waals surface area contributed by atoms with E-state index in [4.69, 9.17) is 0 Å². The summed E-state index contributed by atoms with van der Waals surface area (Å²) in [5.41, 5.74) is 1.06. The average Bonchev–Trinajstić information content (AvgIpc) is 3.05. The molecule has 0 spiro atoms. The second-order valence-corrected chi connectivity index (χ2v) is 10.5. The summed E-state index contributed by atoms with van der Waals surface area (Å²) >= 11 is 1.59. The van der Waals surface area contributed by atoms with Gasteiger partial charge in [-0.25, -0.2) is 22.6 Å². The minimum atomic E-state index is -3.14. The van der Waals surface area contributed by atoms with Crippen LogP contribution in [0.4, 0.5) is 5.13 Å².